The number of rotatable bonds is 1. The molecule has 0 spiro atoms. The van der Waals surface area contributed by atoms with Gasteiger partial charge in [-0.1, -0.05) is 48.7 Å². The number of nitriles is 1. The molecule has 4 heteroatoms. The molecule has 1 aliphatic rings. The van der Waals surface area contributed by atoms with Crippen LogP contribution in [-0.4, -0.2) is 3.79 Å². The van der Waals surface area contributed by atoms with Gasteiger partial charge in [0.15, 0.2) is 3.79 Å². The highest BCUT2D eigenvalue weighted by atomic mass is 35.6. The third-order valence-corrected chi connectivity index (χ3v) is 3.10. The maximum atomic E-state index is 8.73. The lowest BCUT2D eigenvalue weighted by Gasteiger charge is -2.10. The first-order chi connectivity index (χ1) is 5.29. The van der Waals surface area contributed by atoms with Gasteiger partial charge < -0.3 is 0 Å². The molecule has 2 unspecified atom stereocenters. The number of hydrogen-bond acceptors (Lipinski definition) is 1. The maximum Gasteiger partial charge on any atom is 0.190 e. The van der Waals surface area contributed by atoms with E-state index in [0.29, 0.717) is 6.42 Å². The Bertz CT molecular complexity index is 223. The molecule has 1 fully saturated rings. The van der Waals surface area contributed by atoms with E-state index in [-0.39, 0.29) is 17.3 Å². The molecule has 0 radical (unpaired) electrons. The molecule has 0 saturated heterocycles. The Morgan fingerprint density at radius 3 is 2.17 bits per heavy atom. The summed E-state index contributed by atoms with van der Waals surface area (Å²) >= 11 is 16.9. The van der Waals surface area contributed by atoms with Crippen LogP contribution in [0.4, 0.5) is 0 Å². The van der Waals surface area contributed by atoms with Gasteiger partial charge in [0.2, 0.25) is 0 Å². The summed E-state index contributed by atoms with van der Waals surface area (Å²) in [5.41, 5.74) is 0.0265. The van der Waals surface area contributed by atoms with Crippen molar-refractivity contribution in [1.82, 2.24) is 0 Å². The van der Waals surface area contributed by atoms with Gasteiger partial charge >= 0.3 is 0 Å². The number of nitrogens with zero attached hydrogens (tertiary/aromatic N) is 1. The third-order valence-electron chi connectivity index (χ3n) is 2.64. The number of alkyl halides is 3. The summed E-state index contributed by atoms with van der Waals surface area (Å²) in [6.07, 6.45) is 0.475. The lowest BCUT2D eigenvalue weighted by atomic mass is 10.1. The summed E-state index contributed by atoms with van der Waals surface area (Å²) in [7, 11) is 0. The van der Waals surface area contributed by atoms with Crippen molar-refractivity contribution < 1.29 is 0 Å². The summed E-state index contributed by atoms with van der Waals surface area (Å²) in [5, 5.41) is 8.73. The van der Waals surface area contributed by atoms with Crippen molar-refractivity contribution in [3.05, 3.63) is 0 Å². The number of halogens is 3. The summed E-state index contributed by atoms with van der Waals surface area (Å²) < 4.78 is -1.21. The van der Waals surface area contributed by atoms with Crippen molar-refractivity contribution in [1.29, 1.82) is 5.26 Å². The quantitative estimate of drug-likeness (QED) is 0.628. The lowest BCUT2D eigenvalue weighted by Crippen LogP contribution is -2.05. The van der Waals surface area contributed by atoms with Crippen LogP contribution in [0.1, 0.15) is 20.3 Å². The van der Waals surface area contributed by atoms with Gasteiger partial charge in [0, 0.05) is 0 Å². The van der Waals surface area contributed by atoms with Gasteiger partial charge in [-0.3, -0.25) is 0 Å². The van der Waals surface area contributed by atoms with Crippen LogP contribution in [0.5, 0.6) is 0 Å². The molecular formula is C8H10Cl3N. The van der Waals surface area contributed by atoms with Gasteiger partial charge in [-0.05, 0) is 17.8 Å². The third kappa shape index (κ3) is 1.99. The molecule has 0 aromatic carbocycles. The molecule has 0 bridgehead atoms. The predicted molar refractivity (Wildman–Crippen MR) is 51.3 cm³/mol. The number of hydrogen-bond donors (Lipinski definition) is 0. The Kier molecular flexibility index (Phi) is 2.56. The van der Waals surface area contributed by atoms with Gasteiger partial charge in [0.25, 0.3) is 0 Å². The highest BCUT2D eigenvalue weighted by Gasteiger charge is 2.59. The van der Waals surface area contributed by atoms with E-state index < -0.39 is 3.79 Å². The van der Waals surface area contributed by atoms with Crippen molar-refractivity contribution in [2.45, 2.75) is 24.1 Å². The lowest BCUT2D eigenvalue weighted by molar-refractivity contribution is 0.533. The molecule has 0 aliphatic heterocycles. The summed E-state index contributed by atoms with van der Waals surface area (Å²) in [5.74, 6) is 0.281. The topological polar surface area (TPSA) is 23.8 Å². The van der Waals surface area contributed by atoms with Crippen LogP contribution in [0.2, 0.25) is 0 Å². The van der Waals surface area contributed by atoms with Crippen LogP contribution in [0.15, 0.2) is 0 Å². The molecule has 1 saturated carbocycles. The molecule has 68 valence electrons. The summed E-state index contributed by atoms with van der Waals surface area (Å²) in [6.45, 7) is 4.06. The van der Waals surface area contributed by atoms with E-state index in [4.69, 9.17) is 40.1 Å². The smallest absolute Gasteiger partial charge is 0.190 e. The fraction of sp³-hybridized carbons (Fsp3) is 0.875. The molecule has 1 rings (SSSR count). The fourth-order valence-electron chi connectivity index (χ4n) is 1.63. The standard InChI is InChI=1S/C8H10Cl3N/c1-7(2)5(6(7)4-12)3-8(9,10)11/h5-6H,3H2,1-2H3. The first kappa shape index (κ1) is 10.4. The van der Waals surface area contributed by atoms with Crippen molar-refractivity contribution in [3.63, 3.8) is 0 Å². The van der Waals surface area contributed by atoms with E-state index in [1.807, 2.05) is 13.8 Å². The zero-order valence-electron chi connectivity index (χ0n) is 6.94. The highest BCUT2D eigenvalue weighted by Crippen LogP contribution is 2.62. The maximum absolute atomic E-state index is 8.73. The fourth-order valence-corrected chi connectivity index (χ4v) is 2.13. The first-order valence-corrected chi connectivity index (χ1v) is 4.89. The Hall–Kier alpha value is 0.360. The molecule has 2 atom stereocenters. The molecule has 0 N–H and O–H groups in total. The molecule has 12 heavy (non-hydrogen) atoms. The second-order valence-electron chi connectivity index (χ2n) is 3.85. The SMILES string of the molecule is CC1(C)C(C#N)C1CC(Cl)(Cl)Cl. The van der Waals surface area contributed by atoms with E-state index in [1.54, 1.807) is 0 Å². The van der Waals surface area contributed by atoms with Crippen molar-refractivity contribution >= 4 is 34.8 Å². The summed E-state index contributed by atoms with van der Waals surface area (Å²) in [4.78, 5) is 0. The monoisotopic (exact) mass is 225 g/mol. The Morgan fingerprint density at radius 1 is 1.42 bits per heavy atom. The minimum atomic E-state index is -1.21. The minimum absolute atomic E-state index is 0.0265. The highest BCUT2D eigenvalue weighted by molar-refractivity contribution is 6.67. The van der Waals surface area contributed by atoms with E-state index in [2.05, 4.69) is 6.07 Å². The molecule has 1 aliphatic carbocycles. The Labute approximate surface area is 87.6 Å². The van der Waals surface area contributed by atoms with Gasteiger partial charge in [-0.15, -0.1) is 0 Å². The first-order valence-electron chi connectivity index (χ1n) is 3.75. The predicted octanol–water partition coefficient (Wildman–Crippen LogP) is 3.54. The largest absolute Gasteiger partial charge is 0.198 e. The van der Waals surface area contributed by atoms with Crippen molar-refractivity contribution in [2.75, 3.05) is 0 Å². The van der Waals surface area contributed by atoms with E-state index >= 15 is 0 Å². The normalized spacial score (nSPS) is 32.7. The Morgan fingerprint density at radius 2 is 1.92 bits per heavy atom. The Balaban J connectivity index is 2.55. The molecule has 0 aromatic rings. The average molecular weight is 227 g/mol. The van der Waals surface area contributed by atoms with Crippen molar-refractivity contribution in [3.8, 4) is 6.07 Å². The van der Waals surface area contributed by atoms with Gasteiger partial charge in [0.05, 0.1) is 12.0 Å². The second kappa shape index (κ2) is 2.94. The molecule has 0 heterocycles. The molecule has 0 aromatic heterocycles. The van der Waals surface area contributed by atoms with Gasteiger partial charge in [-0.25, -0.2) is 0 Å². The summed E-state index contributed by atoms with van der Waals surface area (Å²) in [6, 6.07) is 2.23. The minimum Gasteiger partial charge on any atom is -0.198 e. The van der Waals surface area contributed by atoms with Crippen LogP contribution in [0.25, 0.3) is 0 Å². The van der Waals surface area contributed by atoms with Gasteiger partial charge in [-0.2, -0.15) is 5.26 Å². The van der Waals surface area contributed by atoms with E-state index in [9.17, 15) is 0 Å². The van der Waals surface area contributed by atoms with E-state index in [1.165, 1.54) is 0 Å². The molecule has 1 nitrogen and oxygen atoms in total. The van der Waals surface area contributed by atoms with Crippen LogP contribution in [0.3, 0.4) is 0 Å². The van der Waals surface area contributed by atoms with Gasteiger partial charge in [0.1, 0.15) is 0 Å². The second-order valence-corrected chi connectivity index (χ2v) is 6.37. The van der Waals surface area contributed by atoms with Crippen LogP contribution < -0.4 is 0 Å². The van der Waals surface area contributed by atoms with E-state index in [0.717, 1.165) is 0 Å². The van der Waals surface area contributed by atoms with Crippen LogP contribution >= 0.6 is 34.8 Å². The molecular weight excluding hydrogens is 216 g/mol. The molecule has 0 amide bonds. The van der Waals surface area contributed by atoms with Crippen LogP contribution in [0, 0.1) is 28.6 Å². The van der Waals surface area contributed by atoms with Crippen LogP contribution in [-0.2, 0) is 0 Å². The zero-order chi connectivity index (χ0) is 9.57. The van der Waals surface area contributed by atoms with Crippen molar-refractivity contribution in [2.24, 2.45) is 17.3 Å². The average Bonchev–Trinajstić information content (AvgIpc) is 2.30. The zero-order valence-corrected chi connectivity index (χ0v) is 9.21.